The number of carbonyl (C=O) groups excluding carboxylic acids is 3. The molecule has 22 heavy (non-hydrogen) atoms. The third kappa shape index (κ3) is 2.86. The molecule has 5 nitrogen and oxygen atoms in total. The third-order valence-electron chi connectivity index (χ3n) is 4.43. The molecule has 1 aromatic rings. The highest BCUT2D eigenvalue weighted by atomic mass is 35.5. The fourth-order valence-electron chi connectivity index (χ4n) is 3.27. The van der Waals surface area contributed by atoms with Crippen molar-refractivity contribution in [3.63, 3.8) is 0 Å². The van der Waals surface area contributed by atoms with Gasteiger partial charge in [0.2, 0.25) is 11.8 Å². The first kappa shape index (κ1) is 15.0. The molecule has 2 amide bonds. The Morgan fingerprint density at radius 3 is 2.59 bits per heavy atom. The number of anilines is 1. The number of hydrogen-bond acceptors (Lipinski definition) is 3. The van der Waals surface area contributed by atoms with Gasteiger partial charge in [-0.05, 0) is 36.6 Å². The smallest absolute Gasteiger partial charge is 0.243 e. The van der Waals surface area contributed by atoms with Gasteiger partial charge in [0, 0.05) is 30.1 Å². The van der Waals surface area contributed by atoms with Crippen LogP contribution in [0.1, 0.15) is 12.8 Å². The van der Waals surface area contributed by atoms with Gasteiger partial charge in [-0.25, -0.2) is 0 Å². The quantitative estimate of drug-likeness (QED) is 0.922. The third-order valence-corrected chi connectivity index (χ3v) is 4.69. The van der Waals surface area contributed by atoms with Gasteiger partial charge in [-0.2, -0.15) is 0 Å². The SMILES string of the molecule is CN(CC(=O)Nc1ccc(Cl)cc1)C(=O)C1C2CCC(=O)C21. The largest absolute Gasteiger partial charge is 0.336 e. The van der Waals surface area contributed by atoms with E-state index >= 15 is 0 Å². The van der Waals surface area contributed by atoms with Gasteiger partial charge in [-0.3, -0.25) is 14.4 Å². The van der Waals surface area contributed by atoms with Gasteiger partial charge in [0.05, 0.1) is 12.5 Å². The van der Waals surface area contributed by atoms with Crippen molar-refractivity contribution in [3.05, 3.63) is 29.3 Å². The molecular weight excluding hydrogens is 304 g/mol. The van der Waals surface area contributed by atoms with E-state index < -0.39 is 0 Å². The number of fused-ring (bicyclic) bond motifs is 1. The molecule has 1 N–H and O–H groups in total. The molecule has 116 valence electrons. The lowest BCUT2D eigenvalue weighted by molar-refractivity contribution is -0.136. The molecule has 0 spiro atoms. The van der Waals surface area contributed by atoms with Crippen molar-refractivity contribution in [3.8, 4) is 0 Å². The summed E-state index contributed by atoms with van der Waals surface area (Å²) >= 11 is 5.78. The highest BCUT2D eigenvalue weighted by molar-refractivity contribution is 6.30. The van der Waals surface area contributed by atoms with E-state index in [2.05, 4.69) is 5.32 Å². The maximum atomic E-state index is 12.3. The fourth-order valence-corrected chi connectivity index (χ4v) is 3.39. The Morgan fingerprint density at radius 1 is 1.32 bits per heavy atom. The topological polar surface area (TPSA) is 66.5 Å². The first-order valence-corrected chi connectivity index (χ1v) is 7.68. The van der Waals surface area contributed by atoms with Gasteiger partial charge in [-0.1, -0.05) is 11.6 Å². The molecule has 6 heteroatoms. The zero-order chi connectivity index (χ0) is 15.9. The summed E-state index contributed by atoms with van der Waals surface area (Å²) in [6.07, 6.45) is 1.41. The summed E-state index contributed by atoms with van der Waals surface area (Å²) in [6.45, 7) is -0.0222. The molecule has 0 aromatic heterocycles. The minimum atomic E-state index is -0.268. The van der Waals surface area contributed by atoms with E-state index in [0.29, 0.717) is 17.1 Å². The summed E-state index contributed by atoms with van der Waals surface area (Å²) in [4.78, 5) is 37.2. The van der Waals surface area contributed by atoms with E-state index in [4.69, 9.17) is 11.6 Å². The minimum Gasteiger partial charge on any atom is -0.336 e. The molecule has 0 aliphatic heterocycles. The Hall–Kier alpha value is -1.88. The summed E-state index contributed by atoms with van der Waals surface area (Å²) in [5, 5.41) is 3.31. The Bertz CT molecular complexity index is 629. The standard InChI is InChI=1S/C16H17ClN2O3/c1-19(16(22)15-11-6-7-12(20)14(11)15)8-13(21)18-10-4-2-9(17)3-5-10/h2-5,11,14-15H,6-8H2,1H3,(H,18,21). The highest BCUT2D eigenvalue weighted by Gasteiger charge is 2.62. The summed E-state index contributed by atoms with van der Waals surface area (Å²) in [7, 11) is 1.60. The van der Waals surface area contributed by atoms with Crippen LogP contribution < -0.4 is 5.32 Å². The molecule has 1 aromatic carbocycles. The Morgan fingerprint density at radius 2 is 2.00 bits per heavy atom. The molecule has 0 bridgehead atoms. The second-order valence-corrected chi connectivity index (χ2v) is 6.41. The Balaban J connectivity index is 1.52. The van der Waals surface area contributed by atoms with Crippen LogP contribution in [-0.2, 0) is 14.4 Å². The van der Waals surface area contributed by atoms with Crippen molar-refractivity contribution in [1.29, 1.82) is 0 Å². The van der Waals surface area contributed by atoms with E-state index in [1.165, 1.54) is 4.90 Å². The van der Waals surface area contributed by atoms with Crippen LogP contribution in [0.2, 0.25) is 5.02 Å². The normalized spacial score (nSPS) is 25.5. The lowest BCUT2D eigenvalue weighted by atomic mass is 10.1. The van der Waals surface area contributed by atoms with Crippen LogP contribution in [0, 0.1) is 17.8 Å². The molecule has 2 aliphatic rings. The summed E-state index contributed by atoms with van der Waals surface area (Å²) in [6, 6.07) is 6.77. The van der Waals surface area contributed by atoms with Crippen molar-refractivity contribution < 1.29 is 14.4 Å². The number of carbonyl (C=O) groups is 3. The molecule has 3 unspecified atom stereocenters. The number of amides is 2. The zero-order valence-electron chi connectivity index (χ0n) is 12.2. The van der Waals surface area contributed by atoms with Crippen LogP contribution in [0.3, 0.4) is 0 Å². The summed E-state index contributed by atoms with van der Waals surface area (Å²) < 4.78 is 0. The van der Waals surface area contributed by atoms with E-state index in [1.54, 1.807) is 31.3 Å². The Labute approximate surface area is 133 Å². The van der Waals surface area contributed by atoms with Gasteiger partial charge in [0.15, 0.2) is 0 Å². The number of nitrogens with zero attached hydrogens (tertiary/aromatic N) is 1. The number of benzene rings is 1. The molecule has 3 atom stereocenters. The summed E-state index contributed by atoms with van der Waals surface area (Å²) in [5.41, 5.74) is 0.633. The molecule has 2 saturated carbocycles. The van der Waals surface area contributed by atoms with Crippen LogP contribution in [-0.4, -0.2) is 36.1 Å². The average Bonchev–Trinajstić information content (AvgIpc) is 3.09. The van der Waals surface area contributed by atoms with Crippen molar-refractivity contribution in [2.45, 2.75) is 12.8 Å². The lowest BCUT2D eigenvalue weighted by Gasteiger charge is -2.17. The highest BCUT2D eigenvalue weighted by Crippen LogP contribution is 2.56. The second kappa shape index (κ2) is 5.72. The van der Waals surface area contributed by atoms with Crippen LogP contribution >= 0.6 is 11.6 Å². The summed E-state index contributed by atoms with van der Waals surface area (Å²) in [5.74, 6) is -0.252. The van der Waals surface area contributed by atoms with Crippen molar-refractivity contribution >= 4 is 34.9 Å². The number of hydrogen-bond donors (Lipinski definition) is 1. The molecule has 3 rings (SSSR count). The Kier molecular flexibility index (Phi) is 3.91. The number of halogens is 1. The zero-order valence-corrected chi connectivity index (χ0v) is 13.0. The van der Waals surface area contributed by atoms with E-state index in [1.807, 2.05) is 0 Å². The van der Waals surface area contributed by atoms with Crippen molar-refractivity contribution in [2.75, 3.05) is 18.9 Å². The second-order valence-electron chi connectivity index (χ2n) is 5.97. The average molecular weight is 321 g/mol. The number of Topliss-reactive ketones (excluding diaryl/α,β-unsaturated/α-hetero) is 1. The van der Waals surface area contributed by atoms with Crippen LogP contribution in [0.15, 0.2) is 24.3 Å². The molecule has 2 aliphatic carbocycles. The van der Waals surface area contributed by atoms with E-state index in [0.717, 1.165) is 6.42 Å². The van der Waals surface area contributed by atoms with Crippen molar-refractivity contribution in [1.82, 2.24) is 4.90 Å². The van der Waals surface area contributed by atoms with Crippen LogP contribution in [0.5, 0.6) is 0 Å². The van der Waals surface area contributed by atoms with Crippen LogP contribution in [0.25, 0.3) is 0 Å². The van der Waals surface area contributed by atoms with Gasteiger partial charge in [0.1, 0.15) is 5.78 Å². The molecule has 0 saturated heterocycles. The number of nitrogens with one attached hydrogen (secondary N) is 1. The molecule has 2 fully saturated rings. The molecule has 0 heterocycles. The maximum absolute atomic E-state index is 12.3. The monoisotopic (exact) mass is 320 g/mol. The first-order chi connectivity index (χ1) is 10.5. The van der Waals surface area contributed by atoms with Crippen LogP contribution in [0.4, 0.5) is 5.69 Å². The lowest BCUT2D eigenvalue weighted by Crippen LogP contribution is -2.36. The van der Waals surface area contributed by atoms with Gasteiger partial charge in [0.25, 0.3) is 0 Å². The van der Waals surface area contributed by atoms with E-state index in [-0.39, 0.29) is 41.9 Å². The minimum absolute atomic E-state index is 0.0222. The molecule has 0 radical (unpaired) electrons. The predicted molar refractivity (Wildman–Crippen MR) is 82.4 cm³/mol. The first-order valence-electron chi connectivity index (χ1n) is 7.30. The van der Waals surface area contributed by atoms with E-state index in [9.17, 15) is 14.4 Å². The van der Waals surface area contributed by atoms with Crippen molar-refractivity contribution in [2.24, 2.45) is 17.8 Å². The fraction of sp³-hybridized carbons (Fsp3) is 0.438. The molecular formula is C16H17ClN2O3. The maximum Gasteiger partial charge on any atom is 0.243 e. The predicted octanol–water partition coefficient (Wildman–Crippen LogP) is 1.96. The number of likely N-dealkylation sites (N-methyl/N-ethyl adjacent to an activating group) is 1. The van der Waals surface area contributed by atoms with Gasteiger partial charge < -0.3 is 10.2 Å². The van der Waals surface area contributed by atoms with Gasteiger partial charge >= 0.3 is 0 Å². The van der Waals surface area contributed by atoms with Gasteiger partial charge in [-0.15, -0.1) is 0 Å². The number of ketones is 1. The number of rotatable bonds is 4.